The fraction of sp³-hybridized carbons (Fsp3) is 0.174. The van der Waals surface area contributed by atoms with Crippen molar-refractivity contribution in [3.63, 3.8) is 0 Å². The number of hydrogen-bond donors (Lipinski definition) is 1. The lowest BCUT2D eigenvalue weighted by Crippen LogP contribution is -2.42. The van der Waals surface area contributed by atoms with Gasteiger partial charge in [-0.15, -0.1) is 0 Å². The molecule has 0 unspecified atom stereocenters. The van der Waals surface area contributed by atoms with Gasteiger partial charge in [-0.2, -0.15) is 0 Å². The summed E-state index contributed by atoms with van der Waals surface area (Å²) in [5.41, 5.74) is 3.05. The van der Waals surface area contributed by atoms with E-state index in [0.29, 0.717) is 5.56 Å². The number of nitro groups is 1. The van der Waals surface area contributed by atoms with Crippen LogP contribution < -0.4 is 5.32 Å². The van der Waals surface area contributed by atoms with E-state index in [1.54, 1.807) is 24.3 Å². The smallest absolute Gasteiger partial charge is 0.244 e. The van der Waals surface area contributed by atoms with Gasteiger partial charge in [0.25, 0.3) is 0 Å². The second-order valence-corrected chi connectivity index (χ2v) is 8.05. The van der Waals surface area contributed by atoms with Gasteiger partial charge in [0.05, 0.1) is 5.92 Å². The Morgan fingerprint density at radius 2 is 1.62 bits per heavy atom. The summed E-state index contributed by atoms with van der Waals surface area (Å²) in [5, 5.41) is 15.5. The summed E-state index contributed by atoms with van der Waals surface area (Å²) in [4.78, 5) is 24.9. The van der Waals surface area contributed by atoms with Crippen molar-refractivity contribution in [2.24, 2.45) is 0 Å². The molecule has 3 aromatic carbocycles. The zero-order valence-electron chi connectivity index (χ0n) is 15.5. The predicted molar refractivity (Wildman–Crippen MR) is 116 cm³/mol. The molecule has 3 aromatic rings. The third-order valence-corrected chi connectivity index (χ3v) is 5.93. The average Bonchev–Trinajstić information content (AvgIpc) is 2.74. The zero-order chi connectivity index (χ0) is 20.4. The maximum absolute atomic E-state index is 13.0. The molecule has 0 bridgehead atoms. The van der Waals surface area contributed by atoms with E-state index in [0.717, 1.165) is 21.3 Å². The molecule has 0 amide bonds. The number of fused-ring (bicyclic) bond motifs is 1. The molecule has 0 radical (unpaired) electrons. The van der Waals surface area contributed by atoms with Crippen molar-refractivity contribution in [3.8, 4) is 0 Å². The van der Waals surface area contributed by atoms with E-state index in [4.69, 9.17) is 0 Å². The van der Waals surface area contributed by atoms with Crippen molar-refractivity contribution < 1.29 is 9.72 Å². The van der Waals surface area contributed by atoms with Gasteiger partial charge in [0.1, 0.15) is 6.04 Å². The topological polar surface area (TPSA) is 72.2 Å². The number of carbonyl (C=O) groups is 1. The number of ketones is 1. The van der Waals surface area contributed by atoms with Gasteiger partial charge in [-0.05, 0) is 29.3 Å². The Balaban J connectivity index is 1.75. The Bertz CT molecular complexity index is 1040. The minimum atomic E-state index is -0.952. The number of anilines is 1. The standard InChI is InChI=1S/C23H19BrN2O3/c24-17-12-10-15(11-13-17)21(27)14-19-18-8-4-5-9-20(18)25-22(23(19)26(28)29)16-6-2-1-3-7-16/h1-13,19,22-23,25H,14H2/t19-,22+,23+/m1/s1. The van der Waals surface area contributed by atoms with Crippen LogP contribution in [0.4, 0.5) is 5.69 Å². The van der Waals surface area contributed by atoms with Crippen LogP contribution in [0.5, 0.6) is 0 Å². The summed E-state index contributed by atoms with van der Waals surface area (Å²) in [6, 6.07) is 22.6. The number of nitrogens with one attached hydrogen (secondary N) is 1. The molecule has 4 rings (SSSR count). The Kier molecular flexibility index (Phi) is 5.45. The van der Waals surface area contributed by atoms with Crippen LogP contribution >= 0.6 is 15.9 Å². The summed E-state index contributed by atoms with van der Waals surface area (Å²) in [7, 11) is 0. The van der Waals surface area contributed by atoms with Gasteiger partial charge < -0.3 is 5.32 Å². The summed E-state index contributed by atoms with van der Waals surface area (Å²) < 4.78 is 0.883. The highest BCUT2D eigenvalue weighted by Gasteiger charge is 2.46. The minimum absolute atomic E-state index is 0.0787. The Hall–Kier alpha value is -2.99. The number of rotatable bonds is 5. The average molecular weight is 451 g/mol. The van der Waals surface area contributed by atoms with Gasteiger partial charge in [-0.1, -0.05) is 76.6 Å². The monoisotopic (exact) mass is 450 g/mol. The molecule has 0 aromatic heterocycles. The molecule has 5 nitrogen and oxygen atoms in total. The first-order valence-electron chi connectivity index (χ1n) is 9.37. The van der Waals surface area contributed by atoms with E-state index in [1.807, 2.05) is 54.6 Å². The van der Waals surface area contributed by atoms with E-state index in [9.17, 15) is 14.9 Å². The van der Waals surface area contributed by atoms with Crippen molar-refractivity contribution in [2.75, 3.05) is 5.32 Å². The van der Waals surface area contributed by atoms with Crippen LogP contribution in [0.3, 0.4) is 0 Å². The molecule has 6 heteroatoms. The Labute approximate surface area is 177 Å². The van der Waals surface area contributed by atoms with Crippen LogP contribution in [0.1, 0.15) is 39.9 Å². The fourth-order valence-corrected chi connectivity index (χ4v) is 4.28. The van der Waals surface area contributed by atoms with Gasteiger partial charge >= 0.3 is 0 Å². The number of nitrogens with zero attached hydrogens (tertiary/aromatic N) is 1. The van der Waals surface area contributed by atoms with Crippen LogP contribution in [-0.4, -0.2) is 16.7 Å². The van der Waals surface area contributed by atoms with Crippen molar-refractivity contribution in [3.05, 3.63) is 110 Å². The maximum Gasteiger partial charge on any atom is 0.244 e. The summed E-state index contributed by atoms with van der Waals surface area (Å²) in [6.07, 6.45) is 0.0787. The highest BCUT2D eigenvalue weighted by atomic mass is 79.9. The molecule has 1 heterocycles. The third kappa shape index (κ3) is 3.93. The highest BCUT2D eigenvalue weighted by Crippen LogP contribution is 2.43. The van der Waals surface area contributed by atoms with Crippen molar-refractivity contribution in [1.29, 1.82) is 0 Å². The number of halogens is 1. The van der Waals surface area contributed by atoms with Crippen LogP contribution in [0.15, 0.2) is 83.3 Å². The molecule has 0 spiro atoms. The lowest BCUT2D eigenvalue weighted by molar-refractivity contribution is -0.530. The molecular weight excluding hydrogens is 432 g/mol. The minimum Gasteiger partial charge on any atom is -0.372 e. The summed E-state index contributed by atoms with van der Waals surface area (Å²) >= 11 is 3.37. The molecule has 146 valence electrons. The molecule has 0 aliphatic carbocycles. The molecule has 0 fully saturated rings. The van der Waals surface area contributed by atoms with E-state index in [2.05, 4.69) is 21.2 Å². The van der Waals surface area contributed by atoms with Crippen LogP contribution in [0.2, 0.25) is 0 Å². The van der Waals surface area contributed by atoms with Gasteiger partial charge in [0, 0.05) is 27.1 Å². The van der Waals surface area contributed by atoms with E-state index in [-0.39, 0.29) is 17.1 Å². The molecule has 1 aliphatic rings. The lowest BCUT2D eigenvalue weighted by atomic mass is 9.77. The van der Waals surface area contributed by atoms with Crippen molar-refractivity contribution in [2.45, 2.75) is 24.4 Å². The first-order valence-corrected chi connectivity index (χ1v) is 10.2. The third-order valence-electron chi connectivity index (χ3n) is 5.40. The quantitative estimate of drug-likeness (QED) is 0.311. The number of hydrogen-bond acceptors (Lipinski definition) is 4. The maximum atomic E-state index is 13.0. The molecular formula is C23H19BrN2O3. The first-order chi connectivity index (χ1) is 14.0. The normalized spacial score (nSPS) is 20.4. The van der Waals surface area contributed by atoms with E-state index < -0.39 is 18.0 Å². The zero-order valence-corrected chi connectivity index (χ0v) is 17.1. The molecule has 0 saturated heterocycles. The number of carbonyl (C=O) groups excluding carboxylic acids is 1. The van der Waals surface area contributed by atoms with Crippen molar-refractivity contribution >= 4 is 27.4 Å². The van der Waals surface area contributed by atoms with Crippen LogP contribution in [0.25, 0.3) is 0 Å². The van der Waals surface area contributed by atoms with Crippen LogP contribution in [0, 0.1) is 10.1 Å². The van der Waals surface area contributed by atoms with Gasteiger partial charge in [0.2, 0.25) is 6.04 Å². The van der Waals surface area contributed by atoms with Gasteiger partial charge in [-0.25, -0.2) is 0 Å². The molecule has 0 saturated carbocycles. The second kappa shape index (κ2) is 8.17. The van der Waals surface area contributed by atoms with Gasteiger partial charge in [0.15, 0.2) is 5.78 Å². The first kappa shape index (κ1) is 19.3. The molecule has 3 atom stereocenters. The predicted octanol–water partition coefficient (Wildman–Crippen LogP) is 5.62. The highest BCUT2D eigenvalue weighted by molar-refractivity contribution is 9.10. The summed E-state index contributed by atoms with van der Waals surface area (Å²) in [6.45, 7) is 0. The number of benzene rings is 3. The van der Waals surface area contributed by atoms with E-state index >= 15 is 0 Å². The fourth-order valence-electron chi connectivity index (χ4n) is 4.01. The second-order valence-electron chi connectivity index (χ2n) is 7.14. The molecule has 1 N–H and O–H groups in total. The number of Topliss-reactive ketones (excluding diaryl/α,β-unsaturated/α-hetero) is 1. The van der Waals surface area contributed by atoms with Gasteiger partial charge in [-0.3, -0.25) is 14.9 Å². The lowest BCUT2D eigenvalue weighted by Gasteiger charge is -2.35. The molecule has 29 heavy (non-hydrogen) atoms. The summed E-state index contributed by atoms with van der Waals surface area (Å²) in [5.74, 6) is -0.623. The molecule has 1 aliphatic heterocycles. The number of para-hydroxylation sites is 1. The van der Waals surface area contributed by atoms with Crippen molar-refractivity contribution in [1.82, 2.24) is 0 Å². The largest absolute Gasteiger partial charge is 0.372 e. The SMILES string of the molecule is O=C(C[C@@H]1c2ccccc2N[C@@H](c2ccccc2)[C@H]1[N+](=O)[O-])c1ccc(Br)cc1. The van der Waals surface area contributed by atoms with Crippen LogP contribution in [-0.2, 0) is 0 Å². The van der Waals surface area contributed by atoms with E-state index in [1.165, 1.54) is 0 Å². The Morgan fingerprint density at radius 1 is 0.966 bits per heavy atom. The Morgan fingerprint density at radius 3 is 2.31 bits per heavy atom.